The van der Waals surface area contributed by atoms with Gasteiger partial charge in [-0.05, 0) is 11.1 Å². The van der Waals surface area contributed by atoms with Gasteiger partial charge in [-0.1, -0.05) is 35.1 Å². The van der Waals surface area contributed by atoms with Gasteiger partial charge in [0.1, 0.15) is 0 Å². The van der Waals surface area contributed by atoms with E-state index in [1.54, 1.807) is 0 Å². The zero-order chi connectivity index (χ0) is 14.8. The van der Waals surface area contributed by atoms with Crippen molar-refractivity contribution in [3.8, 4) is 10.8 Å². The van der Waals surface area contributed by atoms with Gasteiger partial charge >= 0.3 is 0 Å². The molecule has 2 heterocycles. The number of fused-ring (bicyclic) bond motifs is 3. The minimum absolute atomic E-state index is 0. The summed E-state index contributed by atoms with van der Waals surface area (Å²) in [6.07, 6.45) is 8.40. The summed E-state index contributed by atoms with van der Waals surface area (Å²) in [4.78, 5) is 0. The number of nitriles is 2. The van der Waals surface area contributed by atoms with E-state index < -0.39 is 0 Å². The molecule has 1 aromatic rings. The first-order valence-corrected chi connectivity index (χ1v) is 6.47. The predicted octanol–water partition coefficient (Wildman–Crippen LogP) is 3.78. The molecule has 0 aliphatic carbocycles. The molecule has 104 valence electrons. The summed E-state index contributed by atoms with van der Waals surface area (Å²) < 4.78 is 0. The molecule has 2 aliphatic rings. The smallest absolute Gasteiger partial charge is 0 e. The predicted molar refractivity (Wildman–Crippen MR) is 86.2 cm³/mol. The molecule has 0 saturated carbocycles. The van der Waals surface area contributed by atoms with Crippen LogP contribution < -0.4 is 0 Å². The van der Waals surface area contributed by atoms with Crippen molar-refractivity contribution in [2.45, 2.75) is 0 Å². The molecule has 2 aliphatic heterocycles. The Balaban J connectivity index is 0.000000502. The minimum atomic E-state index is 0. The van der Waals surface area contributed by atoms with E-state index in [-0.39, 0.29) is 27.7 Å². The van der Waals surface area contributed by atoms with Gasteiger partial charge in [0.15, 0.2) is 0 Å². The first-order valence-electron chi connectivity index (χ1n) is 5.66. The van der Waals surface area contributed by atoms with Crippen molar-refractivity contribution in [2.24, 2.45) is 0 Å². The van der Waals surface area contributed by atoms with Gasteiger partial charge < -0.3 is 35.9 Å². The van der Waals surface area contributed by atoms with Gasteiger partial charge in [-0.15, -0.1) is 36.6 Å². The third-order valence-electron chi connectivity index (χ3n) is 2.52. The number of hydrogen-bond acceptors (Lipinski definition) is 4. The van der Waals surface area contributed by atoms with Crippen LogP contribution >= 0.6 is 0 Å². The first kappa shape index (κ1) is 19.7. The number of benzene rings is 1. The first-order chi connectivity index (χ1) is 9.78. The molecular formula is C14H10HgN4S2-4. The fourth-order valence-corrected chi connectivity index (χ4v) is 1.86. The summed E-state index contributed by atoms with van der Waals surface area (Å²) in [5.41, 5.74) is 4.51. The van der Waals surface area contributed by atoms with Crippen molar-refractivity contribution in [1.29, 1.82) is 10.5 Å². The molecule has 0 bridgehead atoms. The van der Waals surface area contributed by atoms with E-state index in [0.29, 0.717) is 0 Å². The number of nitrogens with zero attached hydrogens (tertiary/aromatic N) is 4. The molecule has 7 heteroatoms. The van der Waals surface area contributed by atoms with Crippen LogP contribution in [0.2, 0.25) is 0 Å². The van der Waals surface area contributed by atoms with Crippen molar-refractivity contribution in [2.75, 3.05) is 13.1 Å². The van der Waals surface area contributed by atoms with Gasteiger partial charge in [-0.2, -0.15) is 0 Å². The molecule has 0 fully saturated rings. The van der Waals surface area contributed by atoms with Crippen molar-refractivity contribution in [3.63, 3.8) is 0 Å². The Morgan fingerprint density at radius 3 is 1.52 bits per heavy atom. The van der Waals surface area contributed by atoms with Crippen LogP contribution in [-0.4, -0.2) is 13.1 Å². The van der Waals surface area contributed by atoms with E-state index in [2.05, 4.69) is 72.3 Å². The van der Waals surface area contributed by atoms with Crippen LogP contribution in [0.25, 0.3) is 22.8 Å². The Morgan fingerprint density at radius 1 is 0.857 bits per heavy atom. The van der Waals surface area contributed by atoms with E-state index in [9.17, 15) is 0 Å². The van der Waals surface area contributed by atoms with Crippen molar-refractivity contribution >= 4 is 48.8 Å². The topological polar surface area (TPSA) is 75.8 Å². The van der Waals surface area contributed by atoms with Crippen LogP contribution in [0, 0.1) is 21.3 Å². The molecule has 0 radical (unpaired) electrons. The molecule has 0 amide bonds. The molecule has 1 aromatic carbocycles. The monoisotopic (exact) mass is 500 g/mol. The third-order valence-corrected chi connectivity index (χ3v) is 2.52. The average Bonchev–Trinajstić information content (AvgIpc) is 2.49. The molecule has 0 unspecified atom stereocenters. The fourth-order valence-electron chi connectivity index (χ4n) is 1.86. The summed E-state index contributed by atoms with van der Waals surface area (Å²) in [5, 5.41) is 25.9. The number of rotatable bonds is 0. The normalized spacial score (nSPS) is 11.7. The van der Waals surface area contributed by atoms with Gasteiger partial charge in [-0.25, -0.2) is 10.5 Å². The zero-order valence-corrected chi connectivity index (χ0v) is 18.3. The minimum Gasteiger partial charge on any atom is -0.696 e. The van der Waals surface area contributed by atoms with Gasteiger partial charge in [0.25, 0.3) is 0 Å². The molecule has 0 N–H and O–H groups in total. The molecule has 0 atom stereocenters. The molecule has 0 spiro atoms. The molecule has 3 rings (SSSR count). The zero-order valence-electron chi connectivity index (χ0n) is 11.2. The second-order valence-corrected chi connectivity index (χ2v) is 3.98. The van der Waals surface area contributed by atoms with Gasteiger partial charge in [0.05, 0.1) is 0 Å². The molecule has 21 heavy (non-hydrogen) atoms. The van der Waals surface area contributed by atoms with Crippen LogP contribution in [0.15, 0.2) is 24.3 Å². The largest absolute Gasteiger partial charge is 0.696 e. The van der Waals surface area contributed by atoms with Crippen molar-refractivity contribution in [3.05, 3.63) is 46.0 Å². The Labute approximate surface area is 156 Å². The Kier molecular flexibility index (Phi) is 10.6. The average molecular weight is 499 g/mol. The summed E-state index contributed by atoms with van der Waals surface area (Å²) in [5.74, 6) is 0. The van der Waals surface area contributed by atoms with Crippen LogP contribution in [0.3, 0.4) is 0 Å². The van der Waals surface area contributed by atoms with Crippen LogP contribution in [-0.2, 0) is 52.9 Å². The number of thiocyanates is 2. The van der Waals surface area contributed by atoms with Crippen LogP contribution in [0.4, 0.5) is 11.4 Å². The standard InChI is InChI=1S/C12H10N2.2CHNS.Hg/c1-3-9-5-6-10-4-2-8-14-12(10)11(9)13-7-1;2*2-1-3;/h1-6H,7-8H2;2*3H;/q-2;;;/p-2. The maximum absolute atomic E-state index is 7.13. The quantitative estimate of drug-likeness (QED) is 0.310. The van der Waals surface area contributed by atoms with Crippen LogP contribution in [0.5, 0.6) is 0 Å². The summed E-state index contributed by atoms with van der Waals surface area (Å²) in [7, 11) is 0. The van der Waals surface area contributed by atoms with Gasteiger partial charge in [-0.3, -0.25) is 0 Å². The Hall–Kier alpha value is -1.34. The summed E-state index contributed by atoms with van der Waals surface area (Å²) in [6.45, 7) is 1.56. The molecule has 0 aromatic heterocycles. The van der Waals surface area contributed by atoms with E-state index >= 15 is 0 Å². The van der Waals surface area contributed by atoms with E-state index in [1.165, 1.54) is 21.9 Å². The fraction of sp³-hybridized carbons (Fsp3) is 0.143. The number of hydrogen-bond donors (Lipinski definition) is 0. The SMILES string of the molecule is C1=Cc2ccc3c(c2[N-]C1)[N-]CC=C3.N#C[S-].N#C[S-].[Hg]. The van der Waals surface area contributed by atoms with E-state index in [0.717, 1.165) is 24.5 Å². The molecular weight excluding hydrogens is 489 g/mol. The second-order valence-electron chi connectivity index (χ2n) is 3.61. The van der Waals surface area contributed by atoms with E-state index in [1.807, 2.05) is 0 Å². The summed E-state index contributed by atoms with van der Waals surface area (Å²) >= 11 is 7.40. The second kappa shape index (κ2) is 11.3. The maximum atomic E-state index is 7.13. The van der Waals surface area contributed by atoms with Gasteiger partial charge in [0.2, 0.25) is 0 Å². The van der Waals surface area contributed by atoms with Crippen molar-refractivity contribution in [1.82, 2.24) is 0 Å². The van der Waals surface area contributed by atoms with Crippen molar-refractivity contribution < 1.29 is 27.7 Å². The summed E-state index contributed by atoms with van der Waals surface area (Å²) in [6, 6.07) is 4.22. The van der Waals surface area contributed by atoms with E-state index in [4.69, 9.17) is 10.5 Å². The maximum Gasteiger partial charge on any atom is 0 e. The van der Waals surface area contributed by atoms with Crippen LogP contribution in [0.1, 0.15) is 11.1 Å². The Bertz CT molecular complexity index is 547. The van der Waals surface area contributed by atoms with Gasteiger partial charge in [0, 0.05) is 27.7 Å². The molecule has 4 nitrogen and oxygen atoms in total. The Morgan fingerprint density at radius 2 is 1.19 bits per heavy atom. The third kappa shape index (κ3) is 5.88. The molecule has 0 saturated heterocycles.